The predicted molar refractivity (Wildman–Crippen MR) is 69.1 cm³/mol. The molecule has 0 spiro atoms. The molecule has 0 saturated heterocycles. The van der Waals surface area contributed by atoms with E-state index in [0.29, 0.717) is 6.54 Å². The van der Waals surface area contributed by atoms with E-state index in [2.05, 4.69) is 19.1 Å². The van der Waals surface area contributed by atoms with Crippen molar-refractivity contribution >= 4 is 33.2 Å². The molecular weight excluding hydrogens is 204 g/mol. The molecule has 0 saturated carbocycles. The summed E-state index contributed by atoms with van der Waals surface area (Å²) in [6, 6.07) is 6.03. The SMILES string of the molecule is Cc1sc2ccc(N)cc2c1/C=C\CN. The molecule has 0 amide bonds. The lowest BCUT2D eigenvalue weighted by Crippen LogP contribution is -1.92. The molecule has 4 N–H and O–H groups in total. The van der Waals surface area contributed by atoms with Gasteiger partial charge in [-0.15, -0.1) is 11.3 Å². The van der Waals surface area contributed by atoms with Crippen molar-refractivity contribution < 1.29 is 0 Å². The van der Waals surface area contributed by atoms with Gasteiger partial charge in [0.05, 0.1) is 0 Å². The van der Waals surface area contributed by atoms with Gasteiger partial charge in [0, 0.05) is 27.2 Å². The Morgan fingerprint density at radius 1 is 1.40 bits per heavy atom. The maximum Gasteiger partial charge on any atom is 0.0353 e. The minimum atomic E-state index is 0.569. The van der Waals surface area contributed by atoms with Crippen molar-refractivity contribution in [1.29, 1.82) is 0 Å². The van der Waals surface area contributed by atoms with Crippen molar-refractivity contribution in [2.45, 2.75) is 6.92 Å². The van der Waals surface area contributed by atoms with Crippen molar-refractivity contribution in [2.24, 2.45) is 5.73 Å². The van der Waals surface area contributed by atoms with Crippen molar-refractivity contribution in [1.82, 2.24) is 0 Å². The van der Waals surface area contributed by atoms with E-state index in [1.807, 2.05) is 18.2 Å². The molecule has 2 nitrogen and oxygen atoms in total. The lowest BCUT2D eigenvalue weighted by Gasteiger charge is -1.95. The van der Waals surface area contributed by atoms with E-state index in [9.17, 15) is 0 Å². The molecule has 1 aromatic carbocycles. The molecule has 0 radical (unpaired) electrons. The molecular formula is C12H14N2S. The second-order valence-corrected chi connectivity index (χ2v) is 4.72. The van der Waals surface area contributed by atoms with Crippen LogP contribution in [0.1, 0.15) is 10.4 Å². The van der Waals surface area contributed by atoms with Crippen LogP contribution in [0.2, 0.25) is 0 Å². The fourth-order valence-corrected chi connectivity index (χ4v) is 2.68. The highest BCUT2D eigenvalue weighted by Gasteiger charge is 2.05. The molecule has 0 aliphatic carbocycles. The molecule has 2 aromatic rings. The van der Waals surface area contributed by atoms with Gasteiger partial charge in [-0.2, -0.15) is 0 Å². The average Bonchev–Trinajstić information content (AvgIpc) is 2.51. The van der Waals surface area contributed by atoms with Gasteiger partial charge in [0.15, 0.2) is 0 Å². The number of anilines is 1. The summed E-state index contributed by atoms with van der Waals surface area (Å²) in [5.74, 6) is 0. The maximum absolute atomic E-state index is 5.79. The van der Waals surface area contributed by atoms with Crippen LogP contribution in [0.25, 0.3) is 16.2 Å². The summed E-state index contributed by atoms with van der Waals surface area (Å²) in [7, 11) is 0. The van der Waals surface area contributed by atoms with Gasteiger partial charge < -0.3 is 11.5 Å². The standard InChI is InChI=1S/C12H14N2S/c1-8-10(3-2-6-13)11-7-9(14)4-5-12(11)15-8/h2-5,7H,6,13-14H2,1H3/b3-2-. The lowest BCUT2D eigenvalue weighted by atomic mass is 10.1. The maximum atomic E-state index is 5.79. The first kappa shape index (κ1) is 10.2. The Hall–Kier alpha value is -1.32. The first-order valence-electron chi connectivity index (χ1n) is 4.87. The third-order valence-electron chi connectivity index (χ3n) is 2.36. The number of rotatable bonds is 2. The van der Waals surface area contributed by atoms with Crippen molar-refractivity contribution in [3.05, 3.63) is 34.7 Å². The zero-order valence-electron chi connectivity index (χ0n) is 8.66. The lowest BCUT2D eigenvalue weighted by molar-refractivity contribution is 1.26. The summed E-state index contributed by atoms with van der Waals surface area (Å²) >= 11 is 1.79. The van der Waals surface area contributed by atoms with Crippen LogP contribution in [0.15, 0.2) is 24.3 Å². The topological polar surface area (TPSA) is 52.0 Å². The minimum absolute atomic E-state index is 0.569. The van der Waals surface area contributed by atoms with Crippen LogP contribution in [0.4, 0.5) is 5.69 Å². The number of aryl methyl sites for hydroxylation is 1. The summed E-state index contributed by atoms with van der Waals surface area (Å²) in [6.07, 6.45) is 4.05. The molecule has 0 bridgehead atoms. The average molecular weight is 218 g/mol. The van der Waals surface area contributed by atoms with E-state index in [1.165, 1.54) is 20.5 Å². The highest BCUT2D eigenvalue weighted by Crippen LogP contribution is 2.32. The quantitative estimate of drug-likeness (QED) is 0.761. The Morgan fingerprint density at radius 2 is 2.20 bits per heavy atom. The van der Waals surface area contributed by atoms with Crippen molar-refractivity contribution in [3.63, 3.8) is 0 Å². The van der Waals surface area contributed by atoms with Gasteiger partial charge in [-0.3, -0.25) is 0 Å². The largest absolute Gasteiger partial charge is 0.399 e. The van der Waals surface area contributed by atoms with Gasteiger partial charge in [-0.1, -0.05) is 12.2 Å². The molecule has 0 atom stereocenters. The van der Waals surface area contributed by atoms with Gasteiger partial charge >= 0.3 is 0 Å². The van der Waals surface area contributed by atoms with Gasteiger partial charge in [-0.05, 0) is 30.7 Å². The Balaban J connectivity index is 2.65. The van der Waals surface area contributed by atoms with E-state index in [1.54, 1.807) is 11.3 Å². The van der Waals surface area contributed by atoms with E-state index in [0.717, 1.165) is 5.69 Å². The second-order valence-electron chi connectivity index (χ2n) is 3.47. The van der Waals surface area contributed by atoms with Crippen LogP contribution < -0.4 is 11.5 Å². The molecule has 3 heteroatoms. The van der Waals surface area contributed by atoms with Gasteiger partial charge in [-0.25, -0.2) is 0 Å². The Bertz CT molecular complexity index is 512. The number of nitrogens with two attached hydrogens (primary N) is 2. The van der Waals surface area contributed by atoms with Crippen LogP contribution in [0.5, 0.6) is 0 Å². The number of thiophene rings is 1. The van der Waals surface area contributed by atoms with E-state index in [-0.39, 0.29) is 0 Å². The molecule has 2 rings (SSSR count). The third-order valence-corrected chi connectivity index (χ3v) is 3.46. The normalized spacial score (nSPS) is 11.6. The zero-order valence-corrected chi connectivity index (χ0v) is 9.47. The second kappa shape index (κ2) is 4.04. The molecule has 0 unspecified atom stereocenters. The molecule has 78 valence electrons. The number of fused-ring (bicyclic) bond motifs is 1. The summed E-state index contributed by atoms with van der Waals surface area (Å²) in [6.45, 7) is 2.69. The molecule has 1 heterocycles. The van der Waals surface area contributed by atoms with Crippen LogP contribution in [-0.2, 0) is 0 Å². The summed E-state index contributed by atoms with van der Waals surface area (Å²) in [5.41, 5.74) is 13.3. The molecule has 15 heavy (non-hydrogen) atoms. The summed E-state index contributed by atoms with van der Waals surface area (Å²) in [5, 5.41) is 1.22. The molecule has 1 aromatic heterocycles. The molecule has 0 aliphatic heterocycles. The fourth-order valence-electron chi connectivity index (χ4n) is 1.65. The first-order chi connectivity index (χ1) is 7.22. The monoisotopic (exact) mass is 218 g/mol. The number of nitrogen functional groups attached to an aromatic ring is 1. The van der Waals surface area contributed by atoms with Crippen LogP contribution >= 0.6 is 11.3 Å². The summed E-state index contributed by atoms with van der Waals surface area (Å²) in [4.78, 5) is 1.31. The third kappa shape index (κ3) is 1.89. The molecule has 0 fully saturated rings. The van der Waals surface area contributed by atoms with Gasteiger partial charge in [0.1, 0.15) is 0 Å². The van der Waals surface area contributed by atoms with E-state index < -0.39 is 0 Å². The Morgan fingerprint density at radius 3 is 2.93 bits per heavy atom. The predicted octanol–water partition coefficient (Wildman–Crippen LogP) is 2.76. The van der Waals surface area contributed by atoms with Crippen LogP contribution in [-0.4, -0.2) is 6.54 Å². The Kier molecular flexibility index (Phi) is 2.75. The Labute approximate surface area is 93.2 Å². The van der Waals surface area contributed by atoms with E-state index >= 15 is 0 Å². The summed E-state index contributed by atoms with van der Waals surface area (Å²) < 4.78 is 1.28. The van der Waals surface area contributed by atoms with E-state index in [4.69, 9.17) is 11.5 Å². The highest BCUT2D eigenvalue weighted by molar-refractivity contribution is 7.19. The first-order valence-corrected chi connectivity index (χ1v) is 5.69. The number of benzene rings is 1. The van der Waals surface area contributed by atoms with Gasteiger partial charge in [0.2, 0.25) is 0 Å². The minimum Gasteiger partial charge on any atom is -0.399 e. The van der Waals surface area contributed by atoms with Crippen molar-refractivity contribution in [2.75, 3.05) is 12.3 Å². The smallest absolute Gasteiger partial charge is 0.0353 e. The number of hydrogen-bond acceptors (Lipinski definition) is 3. The highest BCUT2D eigenvalue weighted by atomic mass is 32.1. The molecule has 0 aliphatic rings. The van der Waals surface area contributed by atoms with Gasteiger partial charge in [0.25, 0.3) is 0 Å². The van der Waals surface area contributed by atoms with Crippen molar-refractivity contribution in [3.8, 4) is 0 Å². The number of hydrogen-bond donors (Lipinski definition) is 2. The fraction of sp³-hybridized carbons (Fsp3) is 0.167. The van der Waals surface area contributed by atoms with Crippen LogP contribution in [0, 0.1) is 6.92 Å². The zero-order chi connectivity index (χ0) is 10.8. The van der Waals surface area contributed by atoms with Crippen LogP contribution in [0.3, 0.4) is 0 Å².